The molecule has 4 nitrogen and oxygen atoms in total. The van der Waals surface area contributed by atoms with Gasteiger partial charge in [0.15, 0.2) is 0 Å². The summed E-state index contributed by atoms with van der Waals surface area (Å²) in [5, 5.41) is 6.52. The molecule has 0 bridgehead atoms. The summed E-state index contributed by atoms with van der Waals surface area (Å²) in [5.41, 5.74) is 5.78. The van der Waals surface area contributed by atoms with Crippen LogP contribution in [0.25, 0.3) is 0 Å². The van der Waals surface area contributed by atoms with Crippen molar-refractivity contribution in [1.29, 1.82) is 0 Å². The van der Waals surface area contributed by atoms with Gasteiger partial charge in [-0.25, -0.2) is 0 Å². The van der Waals surface area contributed by atoms with Gasteiger partial charge in [-0.2, -0.15) is 0 Å². The molecule has 1 amide bonds. The molecule has 2 aromatic rings. The number of aryl methyl sites for hydroxylation is 2. The van der Waals surface area contributed by atoms with Crippen LogP contribution in [0.5, 0.6) is 5.75 Å². The Morgan fingerprint density at radius 1 is 1.18 bits per heavy atom. The minimum absolute atomic E-state index is 0. The number of methoxy groups -OCH3 is 1. The number of halogens is 1. The van der Waals surface area contributed by atoms with E-state index in [9.17, 15) is 4.79 Å². The fraction of sp³-hybridized carbons (Fsp3) is 0.435. The number of benzene rings is 2. The lowest BCUT2D eigenvalue weighted by Crippen LogP contribution is -2.25. The topological polar surface area (TPSA) is 50.4 Å². The molecule has 1 atom stereocenters. The van der Waals surface area contributed by atoms with E-state index in [1.165, 1.54) is 24.0 Å². The van der Waals surface area contributed by atoms with Crippen LogP contribution in [0, 0.1) is 5.92 Å². The predicted molar refractivity (Wildman–Crippen MR) is 115 cm³/mol. The van der Waals surface area contributed by atoms with Crippen LogP contribution in [0.3, 0.4) is 0 Å². The Morgan fingerprint density at radius 3 is 2.71 bits per heavy atom. The number of amides is 1. The van der Waals surface area contributed by atoms with E-state index in [0.29, 0.717) is 12.5 Å². The summed E-state index contributed by atoms with van der Waals surface area (Å²) in [6.07, 6.45) is 5.60. The first-order valence-corrected chi connectivity index (χ1v) is 10.00. The molecule has 2 aromatic carbocycles. The van der Waals surface area contributed by atoms with E-state index in [2.05, 4.69) is 28.8 Å². The maximum atomic E-state index is 12.9. The Kier molecular flexibility index (Phi) is 6.97. The number of carbonyl (C=O) groups excluding carboxylic acids is 1. The quantitative estimate of drug-likeness (QED) is 0.777. The molecule has 0 aromatic heterocycles. The van der Waals surface area contributed by atoms with Gasteiger partial charge in [-0.15, -0.1) is 12.4 Å². The Hall–Kier alpha value is -2.04. The molecular formula is C23H29ClN2O2. The van der Waals surface area contributed by atoms with E-state index < -0.39 is 0 Å². The van der Waals surface area contributed by atoms with Crippen LogP contribution in [0.2, 0.25) is 0 Å². The minimum atomic E-state index is -0.000826. The molecule has 1 saturated heterocycles. The van der Waals surface area contributed by atoms with Gasteiger partial charge in [0, 0.05) is 17.7 Å². The Labute approximate surface area is 173 Å². The molecule has 1 aliphatic heterocycles. The molecule has 28 heavy (non-hydrogen) atoms. The third-order valence-corrected chi connectivity index (χ3v) is 5.87. The van der Waals surface area contributed by atoms with Crippen molar-refractivity contribution in [2.45, 2.75) is 38.6 Å². The molecule has 5 heteroatoms. The summed E-state index contributed by atoms with van der Waals surface area (Å²) in [7, 11) is 1.70. The Balaban J connectivity index is 0.00000225. The van der Waals surface area contributed by atoms with Gasteiger partial charge in [0.25, 0.3) is 5.91 Å². The second-order valence-electron chi connectivity index (χ2n) is 7.69. The highest BCUT2D eigenvalue weighted by molar-refractivity contribution is 5.95. The van der Waals surface area contributed by atoms with Crippen molar-refractivity contribution in [3.05, 3.63) is 64.2 Å². The normalized spacial score (nSPS) is 17.7. The number of ether oxygens (including phenoxy) is 1. The molecule has 2 N–H and O–H groups in total. The highest BCUT2D eigenvalue weighted by Gasteiger charge is 2.19. The number of hydrogen-bond donors (Lipinski definition) is 2. The van der Waals surface area contributed by atoms with E-state index in [1.807, 2.05) is 18.2 Å². The number of carbonyl (C=O) groups is 1. The van der Waals surface area contributed by atoms with Crippen LogP contribution < -0.4 is 15.4 Å². The number of nitrogens with one attached hydrogen (secondary N) is 2. The summed E-state index contributed by atoms with van der Waals surface area (Å²) < 4.78 is 5.56. The molecule has 1 fully saturated rings. The van der Waals surface area contributed by atoms with Gasteiger partial charge in [-0.1, -0.05) is 24.3 Å². The van der Waals surface area contributed by atoms with Crippen LogP contribution in [-0.2, 0) is 25.8 Å². The molecule has 2 aliphatic rings. The van der Waals surface area contributed by atoms with Crippen molar-refractivity contribution in [3.8, 4) is 5.75 Å². The van der Waals surface area contributed by atoms with Crippen LogP contribution in [0.15, 0.2) is 36.4 Å². The van der Waals surface area contributed by atoms with E-state index in [4.69, 9.17) is 4.74 Å². The predicted octanol–water partition coefficient (Wildman–Crippen LogP) is 3.69. The molecule has 0 radical (unpaired) electrons. The standard InChI is InChI=1S/C23H28N2O2.ClH/c1-27-22-13-18-7-4-6-17(18)12-20(22)15-25-23(26)21-8-3-2-5-19(21)11-16-9-10-24-14-16;/h2-3,5,8,12-13,16,24H,4,6-7,9-11,14-15H2,1H3,(H,25,26);1H. The maximum Gasteiger partial charge on any atom is 0.251 e. The van der Waals surface area contributed by atoms with E-state index in [-0.39, 0.29) is 18.3 Å². The zero-order valence-corrected chi connectivity index (χ0v) is 17.2. The summed E-state index contributed by atoms with van der Waals surface area (Å²) in [5.74, 6) is 1.50. The number of fused-ring (bicyclic) bond motifs is 1. The van der Waals surface area contributed by atoms with Crippen molar-refractivity contribution in [1.82, 2.24) is 10.6 Å². The largest absolute Gasteiger partial charge is 0.496 e. The lowest BCUT2D eigenvalue weighted by Gasteiger charge is -2.15. The van der Waals surface area contributed by atoms with Gasteiger partial charge in [-0.05, 0) is 79.9 Å². The number of hydrogen-bond acceptors (Lipinski definition) is 3. The van der Waals surface area contributed by atoms with Gasteiger partial charge < -0.3 is 15.4 Å². The first-order chi connectivity index (χ1) is 13.2. The van der Waals surface area contributed by atoms with Gasteiger partial charge in [0.05, 0.1) is 7.11 Å². The average molecular weight is 401 g/mol. The number of rotatable bonds is 6. The second kappa shape index (κ2) is 9.44. The fourth-order valence-electron chi connectivity index (χ4n) is 4.37. The van der Waals surface area contributed by atoms with Gasteiger partial charge in [-0.3, -0.25) is 4.79 Å². The molecule has 0 spiro atoms. The maximum absolute atomic E-state index is 12.9. The van der Waals surface area contributed by atoms with Crippen LogP contribution >= 0.6 is 12.4 Å². The first-order valence-electron chi connectivity index (χ1n) is 10.00. The van der Waals surface area contributed by atoms with E-state index >= 15 is 0 Å². The molecule has 1 aliphatic carbocycles. The zero-order valence-electron chi connectivity index (χ0n) is 16.4. The molecule has 1 heterocycles. The fourth-order valence-corrected chi connectivity index (χ4v) is 4.37. The highest BCUT2D eigenvalue weighted by atomic mass is 35.5. The van der Waals surface area contributed by atoms with Crippen LogP contribution in [0.1, 0.15) is 45.5 Å². The summed E-state index contributed by atoms with van der Waals surface area (Å²) >= 11 is 0. The molecule has 150 valence electrons. The van der Waals surface area contributed by atoms with E-state index in [0.717, 1.165) is 54.8 Å². The van der Waals surface area contributed by atoms with Crippen molar-refractivity contribution >= 4 is 18.3 Å². The molecule has 1 unspecified atom stereocenters. The third kappa shape index (κ3) is 4.50. The Morgan fingerprint density at radius 2 is 1.96 bits per heavy atom. The summed E-state index contributed by atoms with van der Waals surface area (Å²) in [6, 6.07) is 12.3. The van der Waals surface area contributed by atoms with Gasteiger partial charge in [0.2, 0.25) is 0 Å². The van der Waals surface area contributed by atoms with Crippen LogP contribution in [0.4, 0.5) is 0 Å². The smallest absolute Gasteiger partial charge is 0.251 e. The zero-order chi connectivity index (χ0) is 18.6. The Bertz CT molecular complexity index is 831. The first kappa shape index (κ1) is 20.7. The highest BCUT2D eigenvalue weighted by Crippen LogP contribution is 2.30. The lowest BCUT2D eigenvalue weighted by molar-refractivity contribution is 0.0949. The van der Waals surface area contributed by atoms with Gasteiger partial charge in [0.1, 0.15) is 5.75 Å². The SMILES string of the molecule is COc1cc2c(cc1CNC(=O)c1ccccc1CC1CCNC1)CCC2.Cl. The monoisotopic (exact) mass is 400 g/mol. The molecule has 0 saturated carbocycles. The summed E-state index contributed by atoms with van der Waals surface area (Å²) in [6.45, 7) is 2.62. The van der Waals surface area contributed by atoms with Gasteiger partial charge >= 0.3 is 0 Å². The van der Waals surface area contributed by atoms with Crippen molar-refractivity contribution in [2.24, 2.45) is 5.92 Å². The van der Waals surface area contributed by atoms with E-state index in [1.54, 1.807) is 7.11 Å². The average Bonchev–Trinajstić information content (AvgIpc) is 3.37. The minimum Gasteiger partial charge on any atom is -0.496 e. The second-order valence-corrected chi connectivity index (χ2v) is 7.69. The molecule has 4 rings (SSSR count). The lowest BCUT2D eigenvalue weighted by atomic mass is 9.94. The van der Waals surface area contributed by atoms with Crippen molar-refractivity contribution in [2.75, 3.05) is 20.2 Å². The van der Waals surface area contributed by atoms with Crippen molar-refractivity contribution < 1.29 is 9.53 Å². The third-order valence-electron chi connectivity index (χ3n) is 5.87. The van der Waals surface area contributed by atoms with Crippen molar-refractivity contribution in [3.63, 3.8) is 0 Å². The van der Waals surface area contributed by atoms with Crippen LogP contribution in [-0.4, -0.2) is 26.1 Å². The molecular weight excluding hydrogens is 372 g/mol. The summed E-state index contributed by atoms with van der Waals surface area (Å²) in [4.78, 5) is 12.9.